The smallest absolute Gasteiger partial charge is 0.338 e. The van der Waals surface area contributed by atoms with Gasteiger partial charge in [0.2, 0.25) is 5.78 Å². The van der Waals surface area contributed by atoms with E-state index in [2.05, 4.69) is 0 Å². The molecule has 7 nitrogen and oxygen atoms in total. The summed E-state index contributed by atoms with van der Waals surface area (Å²) in [5, 5.41) is 11.8. The van der Waals surface area contributed by atoms with E-state index in [1.165, 1.54) is 12.1 Å². The SMILES string of the molecule is O=C(OCC(=O)c1ccccc1Cl)c1ccc(N2CCCCCC2)c([N+](=O)[O-])c1. The Morgan fingerprint density at radius 3 is 2.41 bits per heavy atom. The van der Waals surface area contributed by atoms with Crippen molar-refractivity contribution < 1.29 is 19.2 Å². The molecule has 1 aliphatic heterocycles. The van der Waals surface area contributed by atoms with Crippen molar-refractivity contribution in [2.75, 3.05) is 24.6 Å². The Labute approximate surface area is 173 Å². The van der Waals surface area contributed by atoms with Crippen LogP contribution in [0.5, 0.6) is 0 Å². The Morgan fingerprint density at radius 1 is 1.07 bits per heavy atom. The van der Waals surface area contributed by atoms with Crippen LogP contribution < -0.4 is 4.90 Å². The Kier molecular flexibility index (Phi) is 6.82. The number of Topliss-reactive ketones (excluding diaryl/α,β-unsaturated/α-hetero) is 1. The van der Waals surface area contributed by atoms with Crippen LogP contribution in [0.2, 0.25) is 5.02 Å². The molecular weight excluding hydrogens is 396 g/mol. The van der Waals surface area contributed by atoms with Gasteiger partial charge in [0, 0.05) is 24.7 Å². The standard InChI is InChI=1S/C21H21ClN2O5/c22-17-8-4-3-7-16(17)20(25)14-29-21(26)15-9-10-18(19(13-15)24(27)28)23-11-5-1-2-6-12-23/h3-4,7-10,13H,1-2,5-6,11-12,14H2. The number of benzene rings is 2. The second kappa shape index (κ2) is 9.52. The highest BCUT2D eigenvalue weighted by Gasteiger charge is 2.23. The molecule has 0 unspecified atom stereocenters. The highest BCUT2D eigenvalue weighted by molar-refractivity contribution is 6.34. The van der Waals surface area contributed by atoms with Crippen molar-refractivity contribution in [2.24, 2.45) is 0 Å². The predicted octanol–water partition coefficient (Wildman–Crippen LogP) is 4.67. The number of nitrogens with zero attached hydrogens (tertiary/aromatic N) is 2. The molecule has 1 aliphatic rings. The van der Waals surface area contributed by atoms with Gasteiger partial charge in [0.15, 0.2) is 6.61 Å². The lowest BCUT2D eigenvalue weighted by molar-refractivity contribution is -0.384. The minimum absolute atomic E-state index is 0.0298. The number of carbonyl (C=O) groups excluding carboxylic acids is 2. The maximum Gasteiger partial charge on any atom is 0.338 e. The number of hydrogen-bond acceptors (Lipinski definition) is 6. The second-order valence-corrected chi connectivity index (χ2v) is 7.25. The third-order valence-corrected chi connectivity index (χ3v) is 5.19. The summed E-state index contributed by atoms with van der Waals surface area (Å²) >= 11 is 5.97. The number of rotatable bonds is 6. The Bertz CT molecular complexity index is 923. The van der Waals surface area contributed by atoms with Gasteiger partial charge in [-0.3, -0.25) is 14.9 Å². The van der Waals surface area contributed by atoms with Crippen LogP contribution in [-0.4, -0.2) is 36.4 Å². The number of ketones is 1. The minimum Gasteiger partial charge on any atom is -0.454 e. The third kappa shape index (κ3) is 5.12. The van der Waals surface area contributed by atoms with Crippen LogP contribution in [0.3, 0.4) is 0 Å². The van der Waals surface area contributed by atoms with Gasteiger partial charge in [-0.15, -0.1) is 0 Å². The first-order valence-electron chi connectivity index (χ1n) is 9.45. The number of carbonyl (C=O) groups is 2. The molecule has 0 spiro atoms. The minimum atomic E-state index is -0.795. The van der Waals surface area contributed by atoms with Gasteiger partial charge >= 0.3 is 5.97 Å². The topological polar surface area (TPSA) is 89.8 Å². The number of hydrogen-bond donors (Lipinski definition) is 0. The summed E-state index contributed by atoms with van der Waals surface area (Å²) in [6, 6.07) is 10.7. The molecule has 1 fully saturated rings. The van der Waals surface area contributed by atoms with E-state index in [9.17, 15) is 19.7 Å². The van der Waals surface area contributed by atoms with E-state index >= 15 is 0 Å². The zero-order valence-corrected chi connectivity index (χ0v) is 16.6. The van der Waals surface area contributed by atoms with Crippen molar-refractivity contribution in [3.8, 4) is 0 Å². The zero-order valence-electron chi connectivity index (χ0n) is 15.8. The Morgan fingerprint density at radius 2 is 1.76 bits per heavy atom. The van der Waals surface area contributed by atoms with Gasteiger partial charge in [-0.05, 0) is 37.1 Å². The molecule has 0 amide bonds. The van der Waals surface area contributed by atoms with Crippen LogP contribution in [-0.2, 0) is 4.74 Å². The van der Waals surface area contributed by atoms with Crippen LogP contribution in [0, 0.1) is 10.1 Å². The Balaban J connectivity index is 1.73. The number of ether oxygens (including phenoxy) is 1. The molecule has 0 N–H and O–H groups in total. The van der Waals surface area contributed by atoms with Crippen LogP contribution in [0.4, 0.5) is 11.4 Å². The molecule has 1 saturated heterocycles. The summed E-state index contributed by atoms with van der Waals surface area (Å²) in [7, 11) is 0. The summed E-state index contributed by atoms with van der Waals surface area (Å²) < 4.78 is 5.06. The molecule has 2 aromatic rings. The second-order valence-electron chi connectivity index (χ2n) is 6.84. The van der Waals surface area contributed by atoms with E-state index in [1.54, 1.807) is 30.3 Å². The summed E-state index contributed by atoms with van der Waals surface area (Å²) in [5.74, 6) is -1.24. The number of nitro benzene ring substituents is 1. The number of esters is 1. The lowest BCUT2D eigenvalue weighted by Gasteiger charge is -2.22. The maximum absolute atomic E-state index is 12.3. The molecule has 29 heavy (non-hydrogen) atoms. The monoisotopic (exact) mass is 416 g/mol. The van der Waals surface area contributed by atoms with E-state index in [-0.39, 0.29) is 21.8 Å². The van der Waals surface area contributed by atoms with Crippen LogP contribution >= 0.6 is 11.6 Å². The van der Waals surface area contributed by atoms with Gasteiger partial charge in [-0.25, -0.2) is 4.79 Å². The normalized spacial score (nSPS) is 14.2. The van der Waals surface area contributed by atoms with Crippen molar-refractivity contribution in [2.45, 2.75) is 25.7 Å². The molecular formula is C21H21ClN2O5. The lowest BCUT2D eigenvalue weighted by Crippen LogP contribution is -2.25. The van der Waals surface area contributed by atoms with E-state index in [0.29, 0.717) is 5.69 Å². The molecule has 2 aromatic carbocycles. The maximum atomic E-state index is 12.3. The van der Waals surface area contributed by atoms with E-state index in [0.717, 1.165) is 38.8 Å². The van der Waals surface area contributed by atoms with Gasteiger partial charge in [-0.2, -0.15) is 0 Å². The first-order chi connectivity index (χ1) is 14.0. The molecule has 0 radical (unpaired) electrons. The van der Waals surface area contributed by atoms with Crippen molar-refractivity contribution in [1.29, 1.82) is 0 Å². The van der Waals surface area contributed by atoms with Crippen molar-refractivity contribution in [1.82, 2.24) is 0 Å². The van der Waals surface area contributed by atoms with Gasteiger partial charge in [0.25, 0.3) is 5.69 Å². The molecule has 152 valence electrons. The molecule has 8 heteroatoms. The van der Waals surface area contributed by atoms with Crippen molar-refractivity contribution in [3.63, 3.8) is 0 Å². The van der Waals surface area contributed by atoms with Crippen molar-refractivity contribution in [3.05, 3.63) is 68.7 Å². The fraction of sp³-hybridized carbons (Fsp3) is 0.333. The fourth-order valence-electron chi connectivity index (χ4n) is 3.36. The van der Waals surface area contributed by atoms with Gasteiger partial charge in [0.1, 0.15) is 5.69 Å². The van der Waals surface area contributed by atoms with E-state index in [4.69, 9.17) is 16.3 Å². The molecule has 3 rings (SSSR count). The largest absolute Gasteiger partial charge is 0.454 e. The first kappa shape index (κ1) is 20.8. The van der Waals surface area contributed by atoms with Gasteiger partial charge < -0.3 is 9.64 Å². The summed E-state index contributed by atoms with van der Waals surface area (Å²) in [5.41, 5.74) is 0.645. The average molecular weight is 417 g/mol. The molecule has 0 saturated carbocycles. The summed E-state index contributed by atoms with van der Waals surface area (Å²) in [6.07, 6.45) is 4.17. The highest BCUT2D eigenvalue weighted by atomic mass is 35.5. The number of halogens is 1. The summed E-state index contributed by atoms with van der Waals surface area (Å²) in [6.45, 7) is 0.998. The predicted molar refractivity (Wildman–Crippen MR) is 110 cm³/mol. The average Bonchev–Trinajstić information content (AvgIpc) is 3.01. The quantitative estimate of drug-likeness (QED) is 0.294. The van der Waals surface area contributed by atoms with Crippen LogP contribution in [0.25, 0.3) is 0 Å². The number of anilines is 1. The van der Waals surface area contributed by atoms with Gasteiger partial charge in [0.05, 0.1) is 15.5 Å². The lowest BCUT2D eigenvalue weighted by atomic mass is 10.1. The van der Waals surface area contributed by atoms with Crippen molar-refractivity contribution >= 4 is 34.7 Å². The molecule has 0 aliphatic carbocycles. The highest BCUT2D eigenvalue weighted by Crippen LogP contribution is 2.31. The van der Waals surface area contributed by atoms with Crippen LogP contribution in [0.15, 0.2) is 42.5 Å². The molecule has 0 aromatic heterocycles. The van der Waals surface area contributed by atoms with Crippen LogP contribution in [0.1, 0.15) is 46.4 Å². The molecule has 0 atom stereocenters. The summed E-state index contributed by atoms with van der Waals surface area (Å²) in [4.78, 5) is 37.6. The first-order valence-corrected chi connectivity index (χ1v) is 9.83. The molecule has 1 heterocycles. The van der Waals surface area contributed by atoms with E-state index in [1.807, 2.05) is 4.90 Å². The van der Waals surface area contributed by atoms with Gasteiger partial charge in [-0.1, -0.05) is 36.6 Å². The number of nitro groups is 1. The van der Waals surface area contributed by atoms with E-state index < -0.39 is 23.3 Å². The fourth-order valence-corrected chi connectivity index (χ4v) is 3.60. The Hall–Kier alpha value is -2.93. The molecule has 0 bridgehead atoms. The zero-order chi connectivity index (χ0) is 20.8. The third-order valence-electron chi connectivity index (χ3n) is 4.86.